The summed E-state index contributed by atoms with van der Waals surface area (Å²) >= 11 is 0. The van der Waals surface area contributed by atoms with Gasteiger partial charge in [-0.3, -0.25) is 9.78 Å². The van der Waals surface area contributed by atoms with Crippen molar-refractivity contribution in [3.05, 3.63) is 109 Å². The summed E-state index contributed by atoms with van der Waals surface area (Å²) in [4.78, 5) is 29.6. The van der Waals surface area contributed by atoms with Gasteiger partial charge in [-0.15, -0.1) is 24.8 Å². The van der Waals surface area contributed by atoms with Crippen molar-refractivity contribution in [2.45, 2.75) is 13.1 Å². The van der Waals surface area contributed by atoms with Gasteiger partial charge in [-0.2, -0.15) is 13.2 Å². The summed E-state index contributed by atoms with van der Waals surface area (Å²) in [6.45, 7) is 1.68. The number of hydrogen-bond donors (Lipinski definition) is 2. The molecule has 0 bridgehead atoms. The fraction of sp³-hybridized carbons (Fsp3) is 0.0741. The average Bonchev–Trinajstić information content (AvgIpc) is 3.35. The highest BCUT2D eigenvalue weighted by atomic mass is 35.5. The van der Waals surface area contributed by atoms with Crippen molar-refractivity contribution in [2.24, 2.45) is 0 Å². The van der Waals surface area contributed by atoms with Crippen LogP contribution in [-0.2, 0) is 6.18 Å². The number of aromatic nitrogens is 5. The number of halogens is 5. The van der Waals surface area contributed by atoms with E-state index in [1.807, 2.05) is 12.1 Å². The van der Waals surface area contributed by atoms with E-state index < -0.39 is 17.6 Å². The summed E-state index contributed by atoms with van der Waals surface area (Å²) < 4.78 is 42.0. The first-order valence-electron chi connectivity index (χ1n) is 11.4. The Labute approximate surface area is 239 Å². The topological polar surface area (TPSA) is 97.6 Å². The van der Waals surface area contributed by atoms with Crippen LogP contribution < -0.4 is 10.6 Å². The fourth-order valence-electron chi connectivity index (χ4n) is 3.75. The normalized spacial score (nSPS) is 10.7. The molecular weight excluding hydrogens is 566 g/mol. The van der Waals surface area contributed by atoms with Crippen molar-refractivity contribution in [1.82, 2.24) is 24.5 Å². The van der Waals surface area contributed by atoms with Crippen LogP contribution in [0.15, 0.2) is 91.8 Å². The summed E-state index contributed by atoms with van der Waals surface area (Å²) in [7, 11) is 0. The molecule has 0 spiro atoms. The predicted molar refractivity (Wildman–Crippen MR) is 151 cm³/mol. The SMILES string of the molecule is Cc1cn(-c2cc(NC(=O)c3ccc(Nc4nccc(-c5cccnc5)n4)cc3)ccc2C(F)(F)F)cn1.Cl.Cl. The lowest BCUT2D eigenvalue weighted by Crippen LogP contribution is -2.14. The van der Waals surface area contributed by atoms with Gasteiger partial charge in [0.2, 0.25) is 5.95 Å². The van der Waals surface area contributed by atoms with E-state index in [9.17, 15) is 18.0 Å². The lowest BCUT2D eigenvalue weighted by molar-refractivity contribution is -0.137. The maximum Gasteiger partial charge on any atom is 0.418 e. The van der Waals surface area contributed by atoms with Crippen LogP contribution in [0.1, 0.15) is 21.6 Å². The Kier molecular flexibility index (Phi) is 9.46. The number of hydrogen-bond acceptors (Lipinski definition) is 6. The lowest BCUT2D eigenvalue weighted by atomic mass is 10.1. The third kappa shape index (κ3) is 6.93. The van der Waals surface area contributed by atoms with E-state index in [0.29, 0.717) is 28.6 Å². The van der Waals surface area contributed by atoms with E-state index in [-0.39, 0.29) is 36.2 Å². The molecule has 2 aromatic carbocycles. The lowest BCUT2D eigenvalue weighted by Gasteiger charge is -2.15. The monoisotopic (exact) mass is 587 g/mol. The Balaban J connectivity index is 0.00000220. The summed E-state index contributed by atoms with van der Waals surface area (Å²) in [5.41, 5.74) is 2.33. The Morgan fingerprint density at radius 1 is 0.925 bits per heavy atom. The number of pyridine rings is 1. The quantitative estimate of drug-likeness (QED) is 0.224. The maximum atomic E-state index is 13.6. The van der Waals surface area contributed by atoms with Crippen molar-refractivity contribution < 1.29 is 18.0 Å². The number of anilines is 3. The van der Waals surface area contributed by atoms with E-state index in [1.54, 1.807) is 55.8 Å². The molecule has 3 aromatic heterocycles. The molecule has 0 atom stereocenters. The molecule has 3 heterocycles. The van der Waals surface area contributed by atoms with E-state index >= 15 is 0 Å². The van der Waals surface area contributed by atoms with Gasteiger partial charge in [0.25, 0.3) is 5.91 Å². The summed E-state index contributed by atoms with van der Waals surface area (Å²) in [6, 6.07) is 15.5. The molecule has 13 heteroatoms. The second kappa shape index (κ2) is 12.6. The molecule has 0 saturated carbocycles. The van der Waals surface area contributed by atoms with Gasteiger partial charge in [-0.25, -0.2) is 15.0 Å². The molecule has 5 aromatic rings. The van der Waals surface area contributed by atoms with Gasteiger partial charge >= 0.3 is 6.18 Å². The highest BCUT2D eigenvalue weighted by Crippen LogP contribution is 2.35. The maximum absolute atomic E-state index is 13.6. The number of aryl methyl sites for hydroxylation is 1. The minimum absolute atomic E-state index is 0. The molecule has 1 amide bonds. The van der Waals surface area contributed by atoms with Gasteiger partial charge in [0.05, 0.1) is 29.0 Å². The molecule has 0 unspecified atom stereocenters. The molecule has 0 aliphatic heterocycles. The number of imidazole rings is 1. The zero-order chi connectivity index (χ0) is 26.7. The molecule has 0 saturated heterocycles. The summed E-state index contributed by atoms with van der Waals surface area (Å²) in [5.74, 6) is -0.102. The largest absolute Gasteiger partial charge is 0.418 e. The van der Waals surface area contributed by atoms with Gasteiger partial charge < -0.3 is 15.2 Å². The molecule has 0 aliphatic carbocycles. The molecule has 40 heavy (non-hydrogen) atoms. The molecule has 0 fully saturated rings. The Morgan fingerprint density at radius 2 is 1.68 bits per heavy atom. The molecular formula is C27H22Cl2F3N7O. The molecule has 2 N–H and O–H groups in total. The number of rotatable bonds is 6. The van der Waals surface area contributed by atoms with E-state index in [4.69, 9.17) is 0 Å². The minimum atomic E-state index is -4.57. The standard InChI is InChI=1S/C27H20F3N7O.2ClH/c1-17-15-37(16-33-17)24-13-21(8-9-22(24)27(28,29)30)34-25(38)18-4-6-20(7-5-18)35-26-32-12-10-23(36-26)19-3-2-11-31-14-19;;/h2-16H,1H3,(H,34,38)(H,32,35,36);2*1H. The van der Waals surface area contributed by atoms with Crippen LogP contribution in [0.3, 0.4) is 0 Å². The molecule has 8 nitrogen and oxygen atoms in total. The van der Waals surface area contributed by atoms with Gasteiger partial charge in [-0.05, 0) is 67.6 Å². The zero-order valence-electron chi connectivity index (χ0n) is 20.8. The number of amides is 1. The molecule has 5 rings (SSSR count). The van der Waals surface area contributed by atoms with Crippen LogP contribution in [0.5, 0.6) is 0 Å². The van der Waals surface area contributed by atoms with Crippen LogP contribution in [0.25, 0.3) is 16.9 Å². The van der Waals surface area contributed by atoms with E-state index in [2.05, 4.69) is 30.6 Å². The van der Waals surface area contributed by atoms with E-state index in [1.165, 1.54) is 29.2 Å². The van der Waals surface area contributed by atoms with Crippen LogP contribution in [0.4, 0.5) is 30.5 Å². The van der Waals surface area contributed by atoms with Crippen molar-refractivity contribution in [2.75, 3.05) is 10.6 Å². The highest BCUT2D eigenvalue weighted by Gasteiger charge is 2.34. The van der Waals surface area contributed by atoms with Gasteiger partial charge in [-0.1, -0.05) is 0 Å². The first-order chi connectivity index (χ1) is 18.3. The number of carbonyl (C=O) groups is 1. The number of nitrogens with zero attached hydrogens (tertiary/aromatic N) is 5. The zero-order valence-corrected chi connectivity index (χ0v) is 22.4. The smallest absolute Gasteiger partial charge is 0.324 e. The predicted octanol–water partition coefficient (Wildman–Crippen LogP) is 6.89. The number of nitrogens with one attached hydrogen (secondary N) is 2. The second-order valence-electron chi connectivity index (χ2n) is 8.32. The Morgan fingerprint density at radius 3 is 2.33 bits per heavy atom. The van der Waals surface area contributed by atoms with Crippen LogP contribution >= 0.6 is 24.8 Å². The Bertz CT molecular complexity index is 1590. The van der Waals surface area contributed by atoms with Crippen LogP contribution in [0.2, 0.25) is 0 Å². The fourth-order valence-corrected chi connectivity index (χ4v) is 3.75. The van der Waals surface area contributed by atoms with Crippen molar-refractivity contribution in [3.8, 4) is 16.9 Å². The summed E-state index contributed by atoms with van der Waals surface area (Å²) in [6.07, 6.45) is 3.22. The highest BCUT2D eigenvalue weighted by molar-refractivity contribution is 6.04. The first kappa shape index (κ1) is 30.1. The second-order valence-corrected chi connectivity index (χ2v) is 8.32. The van der Waals surface area contributed by atoms with Gasteiger partial charge in [0, 0.05) is 47.3 Å². The minimum Gasteiger partial charge on any atom is -0.324 e. The van der Waals surface area contributed by atoms with E-state index in [0.717, 1.165) is 11.6 Å². The summed E-state index contributed by atoms with van der Waals surface area (Å²) in [5, 5.41) is 5.75. The first-order valence-corrected chi connectivity index (χ1v) is 11.4. The van der Waals surface area contributed by atoms with Crippen LogP contribution in [-0.4, -0.2) is 30.4 Å². The number of alkyl halides is 3. The van der Waals surface area contributed by atoms with Crippen molar-refractivity contribution in [3.63, 3.8) is 0 Å². The third-order valence-corrected chi connectivity index (χ3v) is 5.57. The molecule has 0 radical (unpaired) electrons. The average molecular weight is 588 g/mol. The molecule has 206 valence electrons. The number of benzene rings is 2. The van der Waals surface area contributed by atoms with Crippen molar-refractivity contribution in [1.29, 1.82) is 0 Å². The third-order valence-electron chi connectivity index (χ3n) is 5.57. The van der Waals surface area contributed by atoms with Gasteiger partial charge in [0.15, 0.2) is 0 Å². The van der Waals surface area contributed by atoms with Crippen molar-refractivity contribution >= 4 is 48.0 Å². The van der Waals surface area contributed by atoms with Crippen LogP contribution in [0, 0.1) is 6.92 Å². The van der Waals surface area contributed by atoms with Gasteiger partial charge in [0.1, 0.15) is 0 Å². The number of carbonyl (C=O) groups excluding carboxylic acids is 1. The molecule has 0 aliphatic rings. The Hall–Kier alpha value is -4.48.